The van der Waals surface area contributed by atoms with Gasteiger partial charge in [-0.3, -0.25) is 14.2 Å². The highest BCUT2D eigenvalue weighted by molar-refractivity contribution is 6.34. The molecule has 0 radical (unpaired) electrons. The van der Waals surface area contributed by atoms with Crippen LogP contribution in [0.25, 0.3) is 0 Å². The molecule has 0 aromatic carbocycles. The molecule has 0 unspecified atom stereocenters. The standard InChI is InChI=1S/C9H10ClN3O2/c1-9(2)12-7(14)6-4(10)3-5(11)8(15)13(6)9/h3H,11H2,1-2H3,(H,12,14). The quantitative estimate of drug-likeness (QED) is 0.678. The largest absolute Gasteiger partial charge is 0.394 e. The smallest absolute Gasteiger partial charge is 0.276 e. The van der Waals surface area contributed by atoms with E-state index in [0.29, 0.717) is 0 Å². The Balaban J connectivity index is 2.91. The second-order valence-corrected chi connectivity index (χ2v) is 4.36. The first-order valence-corrected chi connectivity index (χ1v) is 4.76. The van der Waals surface area contributed by atoms with Crippen LogP contribution in [0.4, 0.5) is 5.69 Å². The number of amides is 1. The van der Waals surface area contributed by atoms with E-state index in [2.05, 4.69) is 5.32 Å². The summed E-state index contributed by atoms with van der Waals surface area (Å²) in [6, 6.07) is 1.30. The molecule has 1 aromatic rings. The van der Waals surface area contributed by atoms with Crippen molar-refractivity contribution in [3.8, 4) is 0 Å². The molecule has 0 saturated heterocycles. The number of fused-ring (bicyclic) bond motifs is 1. The van der Waals surface area contributed by atoms with Crippen LogP contribution in [0.1, 0.15) is 24.3 Å². The molecule has 15 heavy (non-hydrogen) atoms. The fourth-order valence-corrected chi connectivity index (χ4v) is 2.03. The first-order chi connectivity index (χ1) is 6.84. The third kappa shape index (κ3) is 1.23. The predicted molar refractivity (Wildman–Crippen MR) is 56.9 cm³/mol. The molecule has 0 fully saturated rings. The first kappa shape index (κ1) is 10.0. The monoisotopic (exact) mass is 227 g/mol. The molecule has 5 nitrogen and oxygen atoms in total. The van der Waals surface area contributed by atoms with Crippen LogP contribution in [0.2, 0.25) is 5.02 Å². The average Bonchev–Trinajstić information content (AvgIpc) is 2.32. The van der Waals surface area contributed by atoms with Gasteiger partial charge in [-0.25, -0.2) is 0 Å². The van der Waals surface area contributed by atoms with Gasteiger partial charge in [0.1, 0.15) is 11.4 Å². The molecule has 3 N–H and O–H groups in total. The van der Waals surface area contributed by atoms with Crippen LogP contribution in [0.15, 0.2) is 10.9 Å². The number of pyridine rings is 1. The van der Waals surface area contributed by atoms with E-state index in [1.165, 1.54) is 10.6 Å². The number of nitrogen functional groups attached to an aromatic ring is 1. The van der Waals surface area contributed by atoms with Crippen molar-refractivity contribution in [2.75, 3.05) is 5.73 Å². The van der Waals surface area contributed by atoms with Gasteiger partial charge in [0.2, 0.25) is 0 Å². The number of rotatable bonds is 0. The summed E-state index contributed by atoms with van der Waals surface area (Å²) >= 11 is 5.87. The zero-order chi connectivity index (χ0) is 11.4. The van der Waals surface area contributed by atoms with Crippen molar-refractivity contribution in [2.24, 2.45) is 0 Å². The summed E-state index contributed by atoms with van der Waals surface area (Å²) in [4.78, 5) is 23.3. The number of aromatic nitrogens is 1. The second-order valence-electron chi connectivity index (χ2n) is 3.95. The topological polar surface area (TPSA) is 77.1 Å². The molecule has 0 bridgehead atoms. The molecule has 6 heteroatoms. The molecule has 0 spiro atoms. The van der Waals surface area contributed by atoms with E-state index in [-0.39, 0.29) is 22.3 Å². The fourth-order valence-electron chi connectivity index (χ4n) is 1.74. The van der Waals surface area contributed by atoms with E-state index in [9.17, 15) is 9.59 Å². The van der Waals surface area contributed by atoms with Crippen LogP contribution in [-0.4, -0.2) is 10.5 Å². The number of nitrogens with two attached hydrogens (primary N) is 1. The van der Waals surface area contributed by atoms with Crippen molar-refractivity contribution in [3.05, 3.63) is 27.1 Å². The molecular weight excluding hydrogens is 218 g/mol. The lowest BCUT2D eigenvalue weighted by Crippen LogP contribution is -2.42. The van der Waals surface area contributed by atoms with Crippen molar-refractivity contribution in [1.29, 1.82) is 0 Å². The van der Waals surface area contributed by atoms with Gasteiger partial charge in [0.15, 0.2) is 0 Å². The zero-order valence-electron chi connectivity index (χ0n) is 8.30. The van der Waals surface area contributed by atoms with E-state index < -0.39 is 11.2 Å². The summed E-state index contributed by atoms with van der Waals surface area (Å²) in [5, 5.41) is 2.84. The van der Waals surface area contributed by atoms with E-state index >= 15 is 0 Å². The van der Waals surface area contributed by atoms with Gasteiger partial charge < -0.3 is 11.1 Å². The highest BCUT2D eigenvalue weighted by atomic mass is 35.5. The Morgan fingerprint density at radius 3 is 2.67 bits per heavy atom. The van der Waals surface area contributed by atoms with Crippen LogP contribution in [0.3, 0.4) is 0 Å². The Morgan fingerprint density at radius 2 is 2.07 bits per heavy atom. The Hall–Kier alpha value is -1.49. The summed E-state index contributed by atoms with van der Waals surface area (Å²) in [6.07, 6.45) is 0. The lowest BCUT2D eigenvalue weighted by atomic mass is 10.2. The highest BCUT2D eigenvalue weighted by Crippen LogP contribution is 2.26. The maximum absolute atomic E-state index is 11.8. The molecule has 1 aromatic heterocycles. The Labute approximate surface area is 90.8 Å². The van der Waals surface area contributed by atoms with Gasteiger partial charge in [-0.15, -0.1) is 0 Å². The number of anilines is 1. The molecule has 2 heterocycles. The molecule has 1 aliphatic rings. The summed E-state index contributed by atoms with van der Waals surface area (Å²) in [6.45, 7) is 3.41. The lowest BCUT2D eigenvalue weighted by Gasteiger charge is -2.21. The zero-order valence-corrected chi connectivity index (χ0v) is 9.05. The molecule has 0 atom stereocenters. The van der Waals surface area contributed by atoms with Gasteiger partial charge in [-0.1, -0.05) is 11.6 Å². The Kier molecular flexibility index (Phi) is 1.85. The summed E-state index contributed by atoms with van der Waals surface area (Å²) < 4.78 is 1.28. The van der Waals surface area contributed by atoms with Gasteiger partial charge in [0.25, 0.3) is 11.5 Å². The summed E-state index contributed by atoms with van der Waals surface area (Å²) in [5.41, 5.74) is 4.51. The van der Waals surface area contributed by atoms with Gasteiger partial charge in [-0.05, 0) is 19.9 Å². The van der Waals surface area contributed by atoms with Crippen LogP contribution < -0.4 is 16.6 Å². The minimum absolute atomic E-state index is 0.0355. The minimum atomic E-state index is -0.789. The fraction of sp³-hybridized carbons (Fsp3) is 0.333. The minimum Gasteiger partial charge on any atom is -0.394 e. The van der Waals surface area contributed by atoms with Crippen LogP contribution in [-0.2, 0) is 5.66 Å². The van der Waals surface area contributed by atoms with Gasteiger partial charge >= 0.3 is 0 Å². The molecule has 1 amide bonds. The van der Waals surface area contributed by atoms with Gasteiger partial charge in [0, 0.05) is 0 Å². The first-order valence-electron chi connectivity index (χ1n) is 4.38. The highest BCUT2D eigenvalue weighted by Gasteiger charge is 2.37. The van der Waals surface area contributed by atoms with E-state index in [4.69, 9.17) is 17.3 Å². The third-order valence-electron chi connectivity index (χ3n) is 2.38. The third-order valence-corrected chi connectivity index (χ3v) is 2.66. The Morgan fingerprint density at radius 1 is 1.47 bits per heavy atom. The van der Waals surface area contributed by atoms with Gasteiger partial charge in [-0.2, -0.15) is 0 Å². The Bertz CT molecular complexity index is 519. The molecule has 1 aliphatic heterocycles. The number of halogens is 1. The maximum atomic E-state index is 11.8. The van der Waals surface area contributed by atoms with Crippen LogP contribution in [0, 0.1) is 0 Å². The second kappa shape index (κ2) is 2.76. The number of nitrogens with zero attached hydrogens (tertiary/aromatic N) is 1. The summed E-state index contributed by atoms with van der Waals surface area (Å²) in [7, 11) is 0. The maximum Gasteiger partial charge on any atom is 0.276 e. The number of nitrogens with one attached hydrogen (secondary N) is 1. The van der Waals surface area contributed by atoms with Gasteiger partial charge in [0.05, 0.1) is 10.7 Å². The molecular formula is C9H10ClN3O2. The van der Waals surface area contributed by atoms with E-state index in [0.717, 1.165) is 0 Å². The number of carbonyl (C=O) groups excluding carboxylic acids is 1. The predicted octanol–water partition coefficient (Wildman–Crippen LogP) is 0.520. The average molecular weight is 228 g/mol. The molecule has 0 aliphatic carbocycles. The van der Waals surface area contributed by atoms with E-state index in [1.807, 2.05) is 0 Å². The number of carbonyl (C=O) groups is 1. The molecule has 0 saturated carbocycles. The number of hydrogen-bond acceptors (Lipinski definition) is 3. The van der Waals surface area contributed by atoms with Crippen LogP contribution >= 0.6 is 11.6 Å². The lowest BCUT2D eigenvalue weighted by molar-refractivity contribution is 0.0935. The van der Waals surface area contributed by atoms with Crippen molar-refractivity contribution >= 4 is 23.2 Å². The SMILES string of the molecule is CC1(C)NC(=O)c2c(Cl)cc(N)c(=O)n21. The van der Waals surface area contributed by atoms with Crippen molar-refractivity contribution in [3.63, 3.8) is 0 Å². The normalized spacial score (nSPS) is 17.4. The van der Waals surface area contributed by atoms with Crippen molar-refractivity contribution < 1.29 is 4.79 Å². The number of hydrogen-bond donors (Lipinski definition) is 2. The van der Waals surface area contributed by atoms with E-state index in [1.54, 1.807) is 13.8 Å². The van der Waals surface area contributed by atoms with Crippen LogP contribution in [0.5, 0.6) is 0 Å². The molecule has 80 valence electrons. The summed E-state index contributed by atoms with van der Waals surface area (Å²) in [5.74, 6) is -0.359. The van der Waals surface area contributed by atoms with Crippen molar-refractivity contribution in [2.45, 2.75) is 19.5 Å². The molecule has 2 rings (SSSR count). The van der Waals surface area contributed by atoms with Crippen molar-refractivity contribution in [1.82, 2.24) is 9.88 Å².